The Labute approximate surface area is 163 Å². The van der Waals surface area contributed by atoms with Gasteiger partial charge in [-0.2, -0.15) is 0 Å². The summed E-state index contributed by atoms with van der Waals surface area (Å²) in [5.41, 5.74) is 1.95. The monoisotopic (exact) mass is 368 g/mol. The number of Topliss-reactive ketones (excluding diaryl/α,β-unsaturated/α-hetero) is 1. The lowest BCUT2D eigenvalue weighted by molar-refractivity contribution is 0.0697. The summed E-state index contributed by atoms with van der Waals surface area (Å²) in [6, 6.07) is 6.01. The first kappa shape index (κ1) is 22.7. The molecule has 0 unspecified atom stereocenters. The zero-order valence-corrected chi connectivity index (χ0v) is 16.7. The van der Waals surface area contributed by atoms with Gasteiger partial charge in [0.05, 0.1) is 5.56 Å². The van der Waals surface area contributed by atoms with Gasteiger partial charge >= 0.3 is 5.97 Å². The molecule has 3 nitrogen and oxygen atoms in total. The molecular formula is C24H32O3. The molecule has 0 aliphatic heterocycles. The van der Waals surface area contributed by atoms with Crippen molar-refractivity contribution in [1.29, 1.82) is 0 Å². The van der Waals surface area contributed by atoms with E-state index >= 15 is 0 Å². The van der Waals surface area contributed by atoms with Crippen LogP contribution in [-0.4, -0.2) is 16.9 Å². The highest BCUT2D eigenvalue weighted by Gasteiger charge is 2.07. The molecule has 0 amide bonds. The number of carbonyl (C=O) groups is 2. The van der Waals surface area contributed by atoms with Gasteiger partial charge in [-0.1, -0.05) is 62.3 Å². The standard InChI is InChI=1S/C24H32O3/c1-3-4-5-10-14-20(2)15-11-8-6-7-9-12-18-23(25)21-16-13-17-22(19-21)24(26)27/h13-14,16-17,19H,3-11,15H2,1-2H3,(H,26,27)/b20-14+. The van der Waals surface area contributed by atoms with E-state index < -0.39 is 5.97 Å². The van der Waals surface area contributed by atoms with Crippen molar-refractivity contribution >= 4 is 11.8 Å². The first-order chi connectivity index (χ1) is 13.0. The summed E-state index contributed by atoms with van der Waals surface area (Å²) in [5, 5.41) is 8.96. The van der Waals surface area contributed by atoms with Crippen molar-refractivity contribution in [3.63, 3.8) is 0 Å². The van der Waals surface area contributed by atoms with E-state index in [0.717, 1.165) is 12.8 Å². The minimum Gasteiger partial charge on any atom is -0.478 e. The SMILES string of the molecule is CCCCC/C=C(\C)CCCCCCC#CC(=O)c1cccc(C(=O)O)c1. The van der Waals surface area contributed by atoms with Crippen molar-refractivity contribution < 1.29 is 14.7 Å². The Kier molecular flexibility index (Phi) is 11.6. The lowest BCUT2D eigenvalue weighted by Crippen LogP contribution is -2.00. The summed E-state index contributed by atoms with van der Waals surface area (Å²) in [5.74, 6) is 4.17. The fourth-order valence-electron chi connectivity index (χ4n) is 2.82. The maximum atomic E-state index is 12.0. The van der Waals surface area contributed by atoms with Crippen LogP contribution in [0.5, 0.6) is 0 Å². The van der Waals surface area contributed by atoms with E-state index in [4.69, 9.17) is 5.11 Å². The molecule has 27 heavy (non-hydrogen) atoms. The highest BCUT2D eigenvalue weighted by molar-refractivity contribution is 6.09. The van der Waals surface area contributed by atoms with Crippen LogP contribution in [0.4, 0.5) is 0 Å². The van der Waals surface area contributed by atoms with Crippen molar-refractivity contribution in [2.75, 3.05) is 0 Å². The van der Waals surface area contributed by atoms with Gasteiger partial charge in [-0.15, -0.1) is 0 Å². The maximum absolute atomic E-state index is 12.0. The number of benzene rings is 1. The van der Waals surface area contributed by atoms with Crippen LogP contribution < -0.4 is 0 Å². The van der Waals surface area contributed by atoms with E-state index in [2.05, 4.69) is 31.8 Å². The van der Waals surface area contributed by atoms with Gasteiger partial charge in [-0.05, 0) is 57.1 Å². The number of ketones is 1. The molecule has 1 rings (SSSR count). The molecule has 0 aliphatic carbocycles. The van der Waals surface area contributed by atoms with Gasteiger partial charge in [-0.3, -0.25) is 4.79 Å². The van der Waals surface area contributed by atoms with Crippen LogP contribution in [0.1, 0.15) is 98.8 Å². The van der Waals surface area contributed by atoms with Gasteiger partial charge in [0.2, 0.25) is 5.78 Å². The quantitative estimate of drug-likeness (QED) is 0.152. The molecule has 0 fully saturated rings. The lowest BCUT2D eigenvalue weighted by atomic mass is 10.0. The fourth-order valence-corrected chi connectivity index (χ4v) is 2.82. The van der Waals surface area contributed by atoms with Gasteiger partial charge in [0.25, 0.3) is 0 Å². The third-order valence-electron chi connectivity index (χ3n) is 4.50. The summed E-state index contributed by atoms with van der Waals surface area (Å²) < 4.78 is 0. The molecule has 0 saturated heterocycles. The van der Waals surface area contributed by atoms with Crippen molar-refractivity contribution in [3.8, 4) is 11.8 Å². The molecule has 0 spiro atoms. The minimum atomic E-state index is -1.04. The van der Waals surface area contributed by atoms with E-state index in [1.165, 1.54) is 62.7 Å². The molecule has 0 aromatic heterocycles. The smallest absolute Gasteiger partial charge is 0.335 e. The van der Waals surface area contributed by atoms with Crippen molar-refractivity contribution in [1.82, 2.24) is 0 Å². The second kappa shape index (κ2) is 13.8. The molecule has 1 aromatic carbocycles. The number of allylic oxidation sites excluding steroid dienone is 2. The molecule has 0 radical (unpaired) electrons. The molecule has 0 aliphatic rings. The third kappa shape index (κ3) is 10.4. The largest absolute Gasteiger partial charge is 0.478 e. The Hall–Kier alpha value is -2.34. The molecule has 0 bridgehead atoms. The van der Waals surface area contributed by atoms with Gasteiger partial charge in [0, 0.05) is 12.0 Å². The highest BCUT2D eigenvalue weighted by atomic mass is 16.4. The average molecular weight is 369 g/mol. The third-order valence-corrected chi connectivity index (χ3v) is 4.50. The zero-order chi connectivity index (χ0) is 19.9. The Morgan fingerprint density at radius 2 is 1.78 bits per heavy atom. The Balaban J connectivity index is 2.19. The van der Waals surface area contributed by atoms with Crippen molar-refractivity contribution in [2.24, 2.45) is 0 Å². The predicted molar refractivity (Wildman–Crippen MR) is 111 cm³/mol. The minimum absolute atomic E-state index is 0.109. The number of hydrogen-bond donors (Lipinski definition) is 1. The van der Waals surface area contributed by atoms with E-state index in [0.29, 0.717) is 12.0 Å². The summed E-state index contributed by atoms with van der Waals surface area (Å²) in [7, 11) is 0. The summed E-state index contributed by atoms with van der Waals surface area (Å²) >= 11 is 0. The molecule has 3 heteroatoms. The van der Waals surface area contributed by atoms with E-state index in [9.17, 15) is 9.59 Å². The normalized spacial score (nSPS) is 11.0. The Morgan fingerprint density at radius 1 is 1.04 bits per heavy atom. The first-order valence-corrected chi connectivity index (χ1v) is 10.1. The van der Waals surface area contributed by atoms with Crippen LogP contribution in [-0.2, 0) is 0 Å². The van der Waals surface area contributed by atoms with Crippen molar-refractivity contribution in [2.45, 2.75) is 78.1 Å². The van der Waals surface area contributed by atoms with Crippen LogP contribution in [0.2, 0.25) is 0 Å². The average Bonchev–Trinajstić information content (AvgIpc) is 2.67. The lowest BCUT2D eigenvalue weighted by Gasteiger charge is -2.02. The summed E-state index contributed by atoms with van der Waals surface area (Å²) in [6.07, 6.45) is 13.9. The molecule has 0 heterocycles. The van der Waals surface area contributed by atoms with E-state index in [-0.39, 0.29) is 11.3 Å². The number of carbonyl (C=O) groups excluding carboxylic acids is 1. The number of aromatic carboxylic acids is 1. The fraction of sp³-hybridized carbons (Fsp3) is 0.500. The van der Waals surface area contributed by atoms with Gasteiger partial charge < -0.3 is 5.11 Å². The molecular weight excluding hydrogens is 336 g/mol. The molecule has 0 atom stereocenters. The summed E-state index contributed by atoms with van der Waals surface area (Å²) in [6.45, 7) is 4.45. The number of carboxylic acid groups (broad SMARTS) is 1. The maximum Gasteiger partial charge on any atom is 0.335 e. The van der Waals surface area contributed by atoms with E-state index in [1.807, 2.05) is 0 Å². The Morgan fingerprint density at radius 3 is 2.52 bits per heavy atom. The number of unbranched alkanes of at least 4 members (excludes halogenated alkanes) is 7. The highest BCUT2D eigenvalue weighted by Crippen LogP contribution is 2.12. The molecule has 0 saturated carbocycles. The second-order valence-electron chi connectivity index (χ2n) is 6.98. The molecule has 1 aromatic rings. The van der Waals surface area contributed by atoms with Crippen LogP contribution in [0, 0.1) is 11.8 Å². The molecule has 1 N–H and O–H groups in total. The van der Waals surface area contributed by atoms with E-state index in [1.54, 1.807) is 12.1 Å². The van der Waals surface area contributed by atoms with Crippen LogP contribution in [0.15, 0.2) is 35.9 Å². The Bertz CT molecular complexity index is 689. The topological polar surface area (TPSA) is 54.4 Å². The van der Waals surface area contributed by atoms with Crippen molar-refractivity contribution in [3.05, 3.63) is 47.0 Å². The number of hydrogen-bond acceptors (Lipinski definition) is 2. The summed E-state index contributed by atoms with van der Waals surface area (Å²) in [4.78, 5) is 22.9. The van der Waals surface area contributed by atoms with Crippen LogP contribution in [0.25, 0.3) is 0 Å². The van der Waals surface area contributed by atoms with Gasteiger partial charge in [0.15, 0.2) is 0 Å². The zero-order valence-electron chi connectivity index (χ0n) is 16.7. The second-order valence-corrected chi connectivity index (χ2v) is 6.98. The van der Waals surface area contributed by atoms with Gasteiger partial charge in [-0.25, -0.2) is 4.79 Å². The van der Waals surface area contributed by atoms with Crippen LogP contribution >= 0.6 is 0 Å². The number of rotatable bonds is 12. The van der Waals surface area contributed by atoms with Crippen LogP contribution in [0.3, 0.4) is 0 Å². The number of carboxylic acids is 1. The van der Waals surface area contributed by atoms with Gasteiger partial charge in [0.1, 0.15) is 0 Å². The predicted octanol–water partition coefficient (Wildman–Crippen LogP) is 6.44. The molecule has 146 valence electrons. The first-order valence-electron chi connectivity index (χ1n) is 10.1.